The number of aliphatic hydroxyl groups excluding tert-OH is 1. The molecule has 1 N–H and O–H groups in total. The van der Waals surface area contributed by atoms with Crippen LogP contribution in [0.3, 0.4) is 0 Å². The van der Waals surface area contributed by atoms with Gasteiger partial charge in [0.25, 0.3) is 0 Å². The highest BCUT2D eigenvalue weighted by atomic mass is 19.1. The number of halogens is 2. The molecule has 1 aromatic rings. The van der Waals surface area contributed by atoms with Gasteiger partial charge in [-0.3, -0.25) is 4.39 Å². The van der Waals surface area contributed by atoms with Crippen LogP contribution in [0.5, 0.6) is 5.75 Å². The van der Waals surface area contributed by atoms with Crippen LogP contribution >= 0.6 is 0 Å². The van der Waals surface area contributed by atoms with Crippen molar-refractivity contribution in [3.63, 3.8) is 0 Å². The molecule has 0 atom stereocenters. The molecule has 1 aromatic carbocycles. The molecule has 0 aliphatic rings. The molecule has 7 heteroatoms. The summed E-state index contributed by atoms with van der Waals surface area (Å²) in [6.45, 7) is 6.54. The Morgan fingerprint density at radius 2 is 1.96 bits per heavy atom. The molecule has 25 heavy (non-hydrogen) atoms. The average Bonchev–Trinajstić information content (AvgIpc) is 2.51. The van der Waals surface area contributed by atoms with E-state index in [-0.39, 0.29) is 31.7 Å². The fraction of sp³-hybridized carbons (Fsp3) is 0.611. The van der Waals surface area contributed by atoms with Crippen LogP contribution in [-0.4, -0.2) is 48.1 Å². The van der Waals surface area contributed by atoms with Crippen LogP contribution < -0.4 is 4.74 Å². The van der Waals surface area contributed by atoms with Crippen molar-refractivity contribution < 1.29 is 28.2 Å². The summed E-state index contributed by atoms with van der Waals surface area (Å²) in [5, 5.41) is 9.21. The standard InChI is InChI=1S/C18H27F2NO4/c1-13-14(12-22)15(20)6-7-16(13)24-11-10-21(9-5-8-19)17(23)25-18(2,3)4/h6-7,22H,5,8-12H2,1-4H3. The van der Waals surface area contributed by atoms with Crippen molar-refractivity contribution in [2.75, 3.05) is 26.4 Å². The molecular weight excluding hydrogens is 332 g/mol. The molecule has 0 radical (unpaired) electrons. The topological polar surface area (TPSA) is 59.0 Å². The number of hydrogen-bond donors (Lipinski definition) is 1. The average molecular weight is 359 g/mol. The first-order valence-electron chi connectivity index (χ1n) is 8.25. The van der Waals surface area contributed by atoms with Gasteiger partial charge in [-0.15, -0.1) is 0 Å². The van der Waals surface area contributed by atoms with E-state index in [0.717, 1.165) is 0 Å². The van der Waals surface area contributed by atoms with Crippen LogP contribution in [0.25, 0.3) is 0 Å². The van der Waals surface area contributed by atoms with Gasteiger partial charge in [0.1, 0.15) is 23.8 Å². The molecule has 0 spiro atoms. The number of carbonyl (C=O) groups is 1. The molecule has 1 rings (SSSR count). The van der Waals surface area contributed by atoms with Crippen molar-refractivity contribution in [3.8, 4) is 5.75 Å². The summed E-state index contributed by atoms with van der Waals surface area (Å²) in [6.07, 6.45) is -0.319. The van der Waals surface area contributed by atoms with Crippen LogP contribution in [0, 0.1) is 12.7 Å². The van der Waals surface area contributed by atoms with Gasteiger partial charge in [-0.2, -0.15) is 0 Å². The molecule has 1 amide bonds. The lowest BCUT2D eigenvalue weighted by atomic mass is 10.1. The third-order valence-corrected chi connectivity index (χ3v) is 3.48. The molecule has 0 fully saturated rings. The lowest BCUT2D eigenvalue weighted by Gasteiger charge is -2.27. The highest BCUT2D eigenvalue weighted by Gasteiger charge is 2.22. The molecule has 5 nitrogen and oxygen atoms in total. The maximum Gasteiger partial charge on any atom is 0.410 e. The smallest absolute Gasteiger partial charge is 0.410 e. The number of amides is 1. The largest absolute Gasteiger partial charge is 0.491 e. The minimum absolute atomic E-state index is 0.142. The van der Waals surface area contributed by atoms with E-state index in [0.29, 0.717) is 11.3 Å². The summed E-state index contributed by atoms with van der Waals surface area (Å²) in [5.41, 5.74) is 0.0455. The van der Waals surface area contributed by atoms with E-state index >= 15 is 0 Å². The van der Waals surface area contributed by atoms with E-state index in [1.54, 1.807) is 27.7 Å². The molecule has 0 aliphatic heterocycles. The van der Waals surface area contributed by atoms with E-state index in [4.69, 9.17) is 9.47 Å². The third-order valence-electron chi connectivity index (χ3n) is 3.48. The molecule has 0 bridgehead atoms. The second kappa shape index (κ2) is 9.56. The van der Waals surface area contributed by atoms with Gasteiger partial charge in [0.15, 0.2) is 0 Å². The van der Waals surface area contributed by atoms with Gasteiger partial charge in [0.2, 0.25) is 0 Å². The van der Waals surface area contributed by atoms with Crippen LogP contribution in [0.15, 0.2) is 12.1 Å². The van der Waals surface area contributed by atoms with Gasteiger partial charge in [0, 0.05) is 12.1 Å². The SMILES string of the molecule is Cc1c(OCCN(CCCF)C(=O)OC(C)(C)C)ccc(F)c1CO. The van der Waals surface area contributed by atoms with Crippen LogP contribution in [0.4, 0.5) is 13.6 Å². The molecule has 0 aromatic heterocycles. The summed E-state index contributed by atoms with van der Waals surface area (Å²) >= 11 is 0. The van der Waals surface area contributed by atoms with Crippen molar-refractivity contribution >= 4 is 6.09 Å². The van der Waals surface area contributed by atoms with Gasteiger partial charge >= 0.3 is 6.09 Å². The number of alkyl halides is 1. The summed E-state index contributed by atoms with van der Waals surface area (Å²) in [5.74, 6) is -0.0641. The minimum Gasteiger partial charge on any atom is -0.491 e. The first kappa shape index (κ1) is 21.2. The van der Waals surface area contributed by atoms with Crippen LogP contribution in [0.1, 0.15) is 38.3 Å². The Morgan fingerprint density at radius 1 is 1.28 bits per heavy atom. The number of hydrogen-bond acceptors (Lipinski definition) is 4. The van der Waals surface area contributed by atoms with Gasteiger partial charge in [-0.1, -0.05) is 0 Å². The number of aliphatic hydroxyl groups is 1. The number of rotatable bonds is 8. The Bertz CT molecular complexity index is 573. The second-order valence-corrected chi connectivity index (χ2v) is 6.67. The highest BCUT2D eigenvalue weighted by Crippen LogP contribution is 2.24. The third kappa shape index (κ3) is 6.86. The Hall–Kier alpha value is -1.89. The van der Waals surface area contributed by atoms with E-state index < -0.39 is 30.8 Å². The van der Waals surface area contributed by atoms with E-state index in [1.807, 2.05) is 0 Å². The second-order valence-electron chi connectivity index (χ2n) is 6.67. The van der Waals surface area contributed by atoms with Gasteiger partial charge < -0.3 is 19.5 Å². The fourth-order valence-corrected chi connectivity index (χ4v) is 2.19. The van der Waals surface area contributed by atoms with Gasteiger partial charge in [0.05, 0.1) is 19.8 Å². The summed E-state index contributed by atoms with van der Waals surface area (Å²) in [7, 11) is 0. The van der Waals surface area contributed by atoms with Crippen molar-refractivity contribution in [2.45, 2.75) is 46.3 Å². The molecular formula is C18H27F2NO4. The molecule has 0 saturated carbocycles. The minimum atomic E-state index is -0.643. The Labute approximate surface area is 147 Å². The molecule has 0 heterocycles. The first-order chi connectivity index (χ1) is 11.7. The van der Waals surface area contributed by atoms with Gasteiger partial charge in [-0.05, 0) is 51.8 Å². The molecule has 142 valence electrons. The zero-order valence-electron chi connectivity index (χ0n) is 15.3. The Morgan fingerprint density at radius 3 is 2.52 bits per heavy atom. The monoisotopic (exact) mass is 359 g/mol. The Kier molecular flexibility index (Phi) is 8.09. The van der Waals surface area contributed by atoms with E-state index in [1.165, 1.54) is 17.0 Å². The number of benzene rings is 1. The highest BCUT2D eigenvalue weighted by molar-refractivity contribution is 5.68. The Balaban J connectivity index is 2.69. The predicted octanol–water partition coefficient (Wildman–Crippen LogP) is 3.60. The van der Waals surface area contributed by atoms with Crippen molar-refractivity contribution in [3.05, 3.63) is 29.1 Å². The normalized spacial score (nSPS) is 11.3. The summed E-state index contributed by atoms with van der Waals surface area (Å²) in [4.78, 5) is 13.5. The number of nitrogens with zero attached hydrogens (tertiary/aromatic N) is 1. The number of carbonyl (C=O) groups excluding carboxylic acids is 1. The van der Waals surface area contributed by atoms with Crippen molar-refractivity contribution in [2.24, 2.45) is 0 Å². The summed E-state index contributed by atoms with van der Waals surface area (Å²) in [6, 6.07) is 2.70. The summed E-state index contributed by atoms with van der Waals surface area (Å²) < 4.78 is 36.9. The zero-order chi connectivity index (χ0) is 19.0. The zero-order valence-corrected chi connectivity index (χ0v) is 15.3. The van der Waals surface area contributed by atoms with Crippen molar-refractivity contribution in [1.82, 2.24) is 4.90 Å². The maximum absolute atomic E-state index is 13.6. The molecule has 0 unspecified atom stereocenters. The lowest BCUT2D eigenvalue weighted by molar-refractivity contribution is 0.0221. The van der Waals surface area contributed by atoms with Crippen LogP contribution in [-0.2, 0) is 11.3 Å². The first-order valence-corrected chi connectivity index (χ1v) is 8.25. The van der Waals surface area contributed by atoms with E-state index in [9.17, 15) is 18.7 Å². The predicted molar refractivity (Wildman–Crippen MR) is 91.0 cm³/mol. The number of ether oxygens (including phenoxy) is 2. The van der Waals surface area contributed by atoms with Crippen molar-refractivity contribution in [1.29, 1.82) is 0 Å². The molecule has 0 saturated heterocycles. The lowest BCUT2D eigenvalue weighted by Crippen LogP contribution is -2.39. The molecule has 0 aliphatic carbocycles. The fourth-order valence-electron chi connectivity index (χ4n) is 2.19. The quantitative estimate of drug-likeness (QED) is 0.770. The maximum atomic E-state index is 13.6. The van der Waals surface area contributed by atoms with Gasteiger partial charge in [-0.25, -0.2) is 9.18 Å². The van der Waals surface area contributed by atoms with Crippen LogP contribution in [0.2, 0.25) is 0 Å². The van der Waals surface area contributed by atoms with E-state index in [2.05, 4.69) is 0 Å².